The van der Waals surface area contributed by atoms with E-state index >= 15 is 0 Å². The Morgan fingerprint density at radius 2 is 1.71 bits per heavy atom. The summed E-state index contributed by atoms with van der Waals surface area (Å²) in [5, 5.41) is 0. The van der Waals surface area contributed by atoms with Crippen LogP contribution in [0.1, 0.15) is 34.6 Å². The summed E-state index contributed by atoms with van der Waals surface area (Å²) in [6.45, 7) is 4.66. The van der Waals surface area contributed by atoms with Gasteiger partial charge in [0.05, 0.1) is 0 Å². The number of carbonyl (C=O) groups is 2. The molecule has 0 aliphatic carbocycles. The highest BCUT2D eigenvalue weighted by molar-refractivity contribution is 5.95. The molecule has 1 fully saturated rings. The summed E-state index contributed by atoms with van der Waals surface area (Å²) in [4.78, 5) is 23.9. The van der Waals surface area contributed by atoms with E-state index in [0.29, 0.717) is 18.6 Å². The van der Waals surface area contributed by atoms with Crippen LogP contribution in [0, 0.1) is 13.8 Å². The molecule has 1 atom stereocenters. The molecule has 2 amide bonds. The third-order valence-corrected chi connectivity index (χ3v) is 4.18. The normalized spacial score (nSPS) is 16.8. The van der Waals surface area contributed by atoms with Gasteiger partial charge >= 0.3 is 0 Å². The number of nitrogens with zero attached hydrogens (tertiary/aromatic N) is 1. The SMILES string of the molecule is Cc1ccc(C)n1-c1ccc(C(=O)NNC(=O)C2CCCO2)cc1. The van der Waals surface area contributed by atoms with Gasteiger partial charge in [0.2, 0.25) is 0 Å². The zero-order valence-corrected chi connectivity index (χ0v) is 13.8. The Morgan fingerprint density at radius 3 is 2.29 bits per heavy atom. The third-order valence-electron chi connectivity index (χ3n) is 4.18. The van der Waals surface area contributed by atoms with Crippen LogP contribution in [0.3, 0.4) is 0 Å². The summed E-state index contributed by atoms with van der Waals surface area (Å²) in [7, 11) is 0. The van der Waals surface area contributed by atoms with Gasteiger partial charge in [-0.15, -0.1) is 0 Å². The number of carbonyl (C=O) groups excluding carboxylic acids is 2. The fraction of sp³-hybridized carbons (Fsp3) is 0.333. The number of aryl methyl sites for hydroxylation is 2. The van der Waals surface area contributed by atoms with Gasteiger partial charge < -0.3 is 9.30 Å². The maximum Gasteiger partial charge on any atom is 0.269 e. The van der Waals surface area contributed by atoms with Crippen molar-refractivity contribution in [1.29, 1.82) is 0 Å². The van der Waals surface area contributed by atoms with Gasteiger partial charge in [0.25, 0.3) is 11.8 Å². The van der Waals surface area contributed by atoms with E-state index in [2.05, 4.69) is 27.6 Å². The minimum Gasteiger partial charge on any atom is -0.368 e. The molecule has 126 valence electrons. The molecule has 1 aromatic heterocycles. The van der Waals surface area contributed by atoms with Crippen LogP contribution in [0.5, 0.6) is 0 Å². The fourth-order valence-electron chi connectivity index (χ4n) is 2.89. The molecule has 1 aromatic carbocycles. The monoisotopic (exact) mass is 327 g/mol. The third kappa shape index (κ3) is 3.33. The number of aromatic nitrogens is 1. The van der Waals surface area contributed by atoms with Crippen molar-refractivity contribution in [2.75, 3.05) is 6.61 Å². The van der Waals surface area contributed by atoms with Gasteiger partial charge in [-0.05, 0) is 63.1 Å². The predicted molar refractivity (Wildman–Crippen MR) is 89.8 cm³/mol. The minimum atomic E-state index is -0.465. The summed E-state index contributed by atoms with van der Waals surface area (Å²) < 4.78 is 7.38. The van der Waals surface area contributed by atoms with Gasteiger partial charge in [-0.1, -0.05) is 0 Å². The molecule has 1 unspecified atom stereocenters. The number of hydrazine groups is 1. The molecule has 6 heteroatoms. The first-order chi connectivity index (χ1) is 11.6. The van der Waals surface area contributed by atoms with Crippen molar-refractivity contribution in [2.45, 2.75) is 32.8 Å². The minimum absolute atomic E-state index is 0.309. The van der Waals surface area contributed by atoms with Crippen LogP contribution < -0.4 is 10.9 Å². The summed E-state index contributed by atoms with van der Waals surface area (Å²) in [5.41, 5.74) is 8.58. The summed E-state index contributed by atoms with van der Waals surface area (Å²) >= 11 is 0. The van der Waals surface area contributed by atoms with Crippen molar-refractivity contribution in [3.8, 4) is 5.69 Å². The average Bonchev–Trinajstić information content (AvgIpc) is 3.23. The Morgan fingerprint density at radius 1 is 1.04 bits per heavy atom. The van der Waals surface area contributed by atoms with Crippen LogP contribution in [0.2, 0.25) is 0 Å². The van der Waals surface area contributed by atoms with Crippen molar-refractivity contribution in [3.63, 3.8) is 0 Å². The predicted octanol–water partition coefficient (Wildman–Crippen LogP) is 2.03. The second kappa shape index (κ2) is 6.88. The molecule has 0 spiro atoms. The Labute approximate surface area is 140 Å². The molecule has 3 rings (SSSR count). The second-order valence-electron chi connectivity index (χ2n) is 5.94. The van der Waals surface area contributed by atoms with E-state index in [4.69, 9.17) is 4.74 Å². The average molecular weight is 327 g/mol. The lowest BCUT2D eigenvalue weighted by Crippen LogP contribution is -2.46. The molecule has 2 N–H and O–H groups in total. The molecule has 6 nitrogen and oxygen atoms in total. The number of amides is 2. The van der Waals surface area contributed by atoms with Crippen LogP contribution in [0.4, 0.5) is 0 Å². The van der Waals surface area contributed by atoms with E-state index in [-0.39, 0.29) is 11.8 Å². The largest absolute Gasteiger partial charge is 0.368 e. The lowest BCUT2D eigenvalue weighted by Gasteiger charge is -2.12. The topological polar surface area (TPSA) is 72.4 Å². The molecule has 1 aliphatic heterocycles. The fourth-order valence-corrected chi connectivity index (χ4v) is 2.89. The first-order valence-corrected chi connectivity index (χ1v) is 8.03. The zero-order valence-electron chi connectivity index (χ0n) is 13.8. The summed E-state index contributed by atoms with van der Waals surface area (Å²) in [6.07, 6.45) is 1.09. The molecule has 24 heavy (non-hydrogen) atoms. The lowest BCUT2D eigenvalue weighted by atomic mass is 10.2. The number of nitrogens with one attached hydrogen (secondary N) is 2. The molecular formula is C18H21N3O3. The van der Waals surface area contributed by atoms with E-state index in [1.54, 1.807) is 12.1 Å². The number of benzene rings is 1. The molecule has 2 heterocycles. The van der Waals surface area contributed by atoms with Crippen LogP contribution in [-0.2, 0) is 9.53 Å². The van der Waals surface area contributed by atoms with Gasteiger partial charge in [-0.3, -0.25) is 20.4 Å². The maximum absolute atomic E-state index is 12.1. The molecule has 0 radical (unpaired) electrons. The molecular weight excluding hydrogens is 306 g/mol. The van der Waals surface area contributed by atoms with Gasteiger partial charge in [-0.2, -0.15) is 0 Å². The Kier molecular flexibility index (Phi) is 4.66. The van der Waals surface area contributed by atoms with Gasteiger partial charge in [-0.25, -0.2) is 0 Å². The highest BCUT2D eigenvalue weighted by atomic mass is 16.5. The zero-order chi connectivity index (χ0) is 17.1. The lowest BCUT2D eigenvalue weighted by molar-refractivity contribution is -0.130. The van der Waals surface area contributed by atoms with Crippen LogP contribution in [0.25, 0.3) is 5.69 Å². The van der Waals surface area contributed by atoms with E-state index in [1.807, 2.05) is 26.0 Å². The quantitative estimate of drug-likeness (QED) is 0.847. The second-order valence-corrected chi connectivity index (χ2v) is 5.94. The first kappa shape index (κ1) is 16.3. The Hall–Kier alpha value is -2.60. The van der Waals surface area contributed by atoms with E-state index in [1.165, 1.54) is 0 Å². The smallest absolute Gasteiger partial charge is 0.269 e. The summed E-state index contributed by atoms with van der Waals surface area (Å²) in [6, 6.07) is 11.4. The van der Waals surface area contributed by atoms with E-state index in [0.717, 1.165) is 23.5 Å². The highest BCUT2D eigenvalue weighted by Crippen LogP contribution is 2.17. The Bertz CT molecular complexity index is 724. The number of hydrogen-bond acceptors (Lipinski definition) is 3. The highest BCUT2D eigenvalue weighted by Gasteiger charge is 2.23. The summed E-state index contributed by atoms with van der Waals surface area (Å²) in [5.74, 6) is -0.662. The van der Waals surface area contributed by atoms with E-state index in [9.17, 15) is 9.59 Å². The van der Waals surface area contributed by atoms with Crippen LogP contribution >= 0.6 is 0 Å². The first-order valence-electron chi connectivity index (χ1n) is 8.03. The van der Waals surface area contributed by atoms with E-state index < -0.39 is 6.10 Å². The molecule has 0 saturated carbocycles. The Balaban J connectivity index is 1.63. The van der Waals surface area contributed by atoms with Gasteiger partial charge in [0.1, 0.15) is 6.10 Å². The van der Waals surface area contributed by atoms with Crippen LogP contribution in [0.15, 0.2) is 36.4 Å². The number of rotatable bonds is 3. The standard InChI is InChI=1S/C18H21N3O3/c1-12-5-6-13(2)21(12)15-9-7-14(8-10-15)17(22)19-20-18(23)16-4-3-11-24-16/h5-10,16H,3-4,11H2,1-2H3,(H,19,22)(H,20,23). The number of hydrogen-bond donors (Lipinski definition) is 2. The molecule has 1 aliphatic rings. The van der Waals surface area contributed by atoms with Crippen LogP contribution in [-0.4, -0.2) is 29.1 Å². The molecule has 2 aromatic rings. The van der Waals surface area contributed by atoms with Crippen molar-refractivity contribution in [1.82, 2.24) is 15.4 Å². The maximum atomic E-state index is 12.1. The van der Waals surface area contributed by atoms with Crippen molar-refractivity contribution in [2.24, 2.45) is 0 Å². The van der Waals surface area contributed by atoms with Crippen molar-refractivity contribution >= 4 is 11.8 Å². The van der Waals surface area contributed by atoms with Crippen molar-refractivity contribution < 1.29 is 14.3 Å². The number of ether oxygens (including phenoxy) is 1. The van der Waals surface area contributed by atoms with Gasteiger partial charge in [0, 0.05) is 29.2 Å². The molecule has 1 saturated heterocycles. The van der Waals surface area contributed by atoms with Crippen molar-refractivity contribution in [3.05, 3.63) is 53.3 Å². The van der Waals surface area contributed by atoms with Gasteiger partial charge in [0.15, 0.2) is 0 Å². The molecule has 0 bridgehead atoms.